The number of nitrogen functional groups attached to an aromatic ring is 1. The summed E-state index contributed by atoms with van der Waals surface area (Å²) in [4.78, 5) is 0. The van der Waals surface area contributed by atoms with Crippen molar-refractivity contribution in [2.45, 2.75) is 12.8 Å². The molecule has 2 N–H and O–H groups in total. The van der Waals surface area contributed by atoms with Gasteiger partial charge in [-0.05, 0) is 36.1 Å². The quantitative estimate of drug-likeness (QED) is 0.785. The smallest absolute Gasteiger partial charge is 0.0426 e. The molecular weight excluding hydrogens is 242 g/mol. The summed E-state index contributed by atoms with van der Waals surface area (Å²) >= 11 is 5.97. The van der Waals surface area contributed by atoms with Crippen molar-refractivity contribution in [3.05, 3.63) is 70.3 Å². The van der Waals surface area contributed by atoms with Crippen molar-refractivity contribution in [3.63, 3.8) is 0 Å². The van der Waals surface area contributed by atoms with Gasteiger partial charge in [-0.3, -0.25) is 0 Å². The summed E-state index contributed by atoms with van der Waals surface area (Å²) in [5.74, 6) is 0. The van der Waals surface area contributed by atoms with Crippen molar-refractivity contribution in [1.82, 2.24) is 0 Å². The van der Waals surface area contributed by atoms with Gasteiger partial charge in [-0.1, -0.05) is 53.6 Å². The Balaban J connectivity index is 2.15. The summed E-state index contributed by atoms with van der Waals surface area (Å²) in [5.41, 5.74) is 12.0. The summed E-state index contributed by atoms with van der Waals surface area (Å²) < 4.78 is 0. The Labute approximate surface area is 112 Å². The normalized spacial score (nSPS) is 13.5. The average molecular weight is 256 g/mol. The fourth-order valence-electron chi connectivity index (χ4n) is 2.23. The number of benzene rings is 2. The van der Waals surface area contributed by atoms with Crippen LogP contribution >= 0.6 is 11.6 Å². The number of halogens is 1. The van der Waals surface area contributed by atoms with Gasteiger partial charge in [0.2, 0.25) is 0 Å². The molecule has 1 fully saturated rings. The minimum atomic E-state index is 0.685. The molecule has 0 unspecified atom stereocenters. The lowest BCUT2D eigenvalue weighted by atomic mass is 9.95. The van der Waals surface area contributed by atoms with Gasteiger partial charge in [0, 0.05) is 16.3 Å². The fraction of sp³-hybridized carbons (Fsp3) is 0.125. The van der Waals surface area contributed by atoms with E-state index in [1.807, 2.05) is 24.3 Å². The zero-order chi connectivity index (χ0) is 12.5. The second kappa shape index (κ2) is 4.51. The number of hydrogen-bond acceptors (Lipinski definition) is 1. The molecule has 1 nitrogen and oxygen atoms in total. The van der Waals surface area contributed by atoms with Crippen LogP contribution in [-0.2, 0) is 0 Å². The first-order chi connectivity index (χ1) is 8.75. The molecule has 1 aliphatic carbocycles. The molecule has 0 bridgehead atoms. The Bertz CT molecular complexity index is 608. The molecule has 1 aliphatic rings. The Morgan fingerprint density at radius 3 is 2.33 bits per heavy atom. The molecule has 0 radical (unpaired) electrons. The molecule has 2 heteroatoms. The number of allylic oxidation sites excluding steroid dienone is 1. The predicted octanol–water partition coefficient (Wildman–Crippen LogP) is 4.52. The third-order valence-electron chi connectivity index (χ3n) is 3.20. The van der Waals surface area contributed by atoms with Gasteiger partial charge in [-0.15, -0.1) is 0 Å². The maximum Gasteiger partial charge on any atom is 0.0426 e. The molecule has 2 aromatic rings. The lowest BCUT2D eigenvalue weighted by Crippen LogP contribution is -1.95. The standard InChI is InChI=1S/C16H14ClN/c17-13-8-9-14(15(18)10-13)16(12-6-7-12)11-4-2-1-3-5-11/h1-5,8-10H,6-7,18H2. The van der Waals surface area contributed by atoms with Gasteiger partial charge >= 0.3 is 0 Å². The van der Waals surface area contributed by atoms with E-state index >= 15 is 0 Å². The molecule has 0 aromatic heterocycles. The van der Waals surface area contributed by atoms with Gasteiger partial charge in [0.1, 0.15) is 0 Å². The van der Waals surface area contributed by atoms with Crippen molar-refractivity contribution in [3.8, 4) is 0 Å². The fourth-order valence-corrected chi connectivity index (χ4v) is 2.41. The van der Waals surface area contributed by atoms with Crippen molar-refractivity contribution >= 4 is 22.9 Å². The highest BCUT2D eigenvalue weighted by molar-refractivity contribution is 6.31. The van der Waals surface area contributed by atoms with Crippen LogP contribution in [0.15, 0.2) is 54.1 Å². The molecule has 0 spiro atoms. The van der Waals surface area contributed by atoms with Crippen LogP contribution in [-0.4, -0.2) is 0 Å². The summed E-state index contributed by atoms with van der Waals surface area (Å²) in [6.45, 7) is 0. The molecule has 0 atom stereocenters. The highest BCUT2D eigenvalue weighted by Gasteiger charge is 2.21. The van der Waals surface area contributed by atoms with Gasteiger partial charge in [0.25, 0.3) is 0 Å². The SMILES string of the molecule is Nc1cc(Cl)ccc1C(=C1CC1)c1ccccc1. The Morgan fingerprint density at radius 2 is 1.72 bits per heavy atom. The largest absolute Gasteiger partial charge is 0.398 e. The van der Waals surface area contributed by atoms with Crippen LogP contribution in [0.1, 0.15) is 24.0 Å². The summed E-state index contributed by atoms with van der Waals surface area (Å²) in [7, 11) is 0. The molecule has 90 valence electrons. The van der Waals surface area contributed by atoms with Crippen LogP contribution in [0.25, 0.3) is 5.57 Å². The second-order valence-corrected chi connectivity index (χ2v) is 5.01. The van der Waals surface area contributed by atoms with Gasteiger partial charge in [-0.25, -0.2) is 0 Å². The zero-order valence-electron chi connectivity index (χ0n) is 9.99. The van der Waals surface area contributed by atoms with E-state index in [0.717, 1.165) is 11.3 Å². The molecule has 0 amide bonds. The van der Waals surface area contributed by atoms with Crippen molar-refractivity contribution < 1.29 is 0 Å². The van der Waals surface area contributed by atoms with Crippen molar-refractivity contribution in [1.29, 1.82) is 0 Å². The summed E-state index contributed by atoms with van der Waals surface area (Å²) in [6, 6.07) is 16.2. The van der Waals surface area contributed by atoms with Gasteiger partial charge in [-0.2, -0.15) is 0 Å². The van der Waals surface area contributed by atoms with E-state index in [1.165, 1.54) is 29.6 Å². The van der Waals surface area contributed by atoms with Crippen LogP contribution in [0.4, 0.5) is 5.69 Å². The molecule has 3 rings (SSSR count). The van der Waals surface area contributed by atoms with Crippen LogP contribution in [0.3, 0.4) is 0 Å². The molecular formula is C16H14ClN. The van der Waals surface area contributed by atoms with Crippen molar-refractivity contribution in [2.24, 2.45) is 0 Å². The minimum absolute atomic E-state index is 0.685. The molecule has 18 heavy (non-hydrogen) atoms. The zero-order valence-corrected chi connectivity index (χ0v) is 10.7. The lowest BCUT2D eigenvalue weighted by Gasteiger charge is -2.11. The lowest BCUT2D eigenvalue weighted by molar-refractivity contribution is 1.50. The maximum absolute atomic E-state index is 6.11. The maximum atomic E-state index is 6.11. The predicted molar refractivity (Wildman–Crippen MR) is 77.6 cm³/mol. The van der Waals surface area contributed by atoms with E-state index in [-0.39, 0.29) is 0 Å². The van der Waals surface area contributed by atoms with E-state index in [0.29, 0.717) is 5.02 Å². The molecule has 2 aromatic carbocycles. The van der Waals surface area contributed by atoms with E-state index in [4.69, 9.17) is 17.3 Å². The summed E-state index contributed by atoms with van der Waals surface area (Å²) in [5, 5.41) is 0.685. The topological polar surface area (TPSA) is 26.0 Å². The van der Waals surface area contributed by atoms with E-state index in [1.54, 1.807) is 0 Å². The highest BCUT2D eigenvalue weighted by Crippen LogP contribution is 2.42. The molecule has 0 heterocycles. The first kappa shape index (κ1) is 11.4. The van der Waals surface area contributed by atoms with Crippen molar-refractivity contribution in [2.75, 3.05) is 5.73 Å². The third-order valence-corrected chi connectivity index (χ3v) is 3.43. The number of nitrogens with two attached hydrogens (primary N) is 1. The molecule has 1 saturated carbocycles. The van der Waals surface area contributed by atoms with Gasteiger partial charge in [0.15, 0.2) is 0 Å². The third kappa shape index (κ3) is 2.14. The van der Waals surface area contributed by atoms with Crippen LogP contribution < -0.4 is 5.73 Å². The first-order valence-corrected chi connectivity index (χ1v) is 6.46. The van der Waals surface area contributed by atoms with Crippen LogP contribution in [0.5, 0.6) is 0 Å². The average Bonchev–Trinajstić information content (AvgIpc) is 3.18. The van der Waals surface area contributed by atoms with Crippen LogP contribution in [0, 0.1) is 0 Å². The summed E-state index contributed by atoms with van der Waals surface area (Å²) in [6.07, 6.45) is 2.35. The Morgan fingerprint density at radius 1 is 1.00 bits per heavy atom. The van der Waals surface area contributed by atoms with E-state index in [9.17, 15) is 0 Å². The van der Waals surface area contributed by atoms with Crippen LogP contribution in [0.2, 0.25) is 5.02 Å². The Hall–Kier alpha value is -1.73. The first-order valence-electron chi connectivity index (χ1n) is 6.08. The van der Waals surface area contributed by atoms with Gasteiger partial charge in [0.05, 0.1) is 0 Å². The Kier molecular flexibility index (Phi) is 2.85. The van der Waals surface area contributed by atoms with E-state index in [2.05, 4.69) is 24.3 Å². The molecule has 0 aliphatic heterocycles. The van der Waals surface area contributed by atoms with Gasteiger partial charge < -0.3 is 5.73 Å². The number of hydrogen-bond donors (Lipinski definition) is 1. The molecule has 0 saturated heterocycles. The number of rotatable bonds is 2. The van der Waals surface area contributed by atoms with E-state index < -0.39 is 0 Å². The minimum Gasteiger partial charge on any atom is -0.398 e. The monoisotopic (exact) mass is 255 g/mol. The highest BCUT2D eigenvalue weighted by atomic mass is 35.5. The number of anilines is 1. The second-order valence-electron chi connectivity index (χ2n) is 4.58.